The van der Waals surface area contributed by atoms with E-state index in [1.165, 1.54) is 12.1 Å². The number of halogens is 3. The van der Waals surface area contributed by atoms with E-state index in [4.69, 9.17) is 4.74 Å². The molecule has 0 fully saturated rings. The summed E-state index contributed by atoms with van der Waals surface area (Å²) in [5, 5.41) is 0. The quantitative estimate of drug-likeness (QED) is 0.553. The van der Waals surface area contributed by atoms with Gasteiger partial charge in [-0.2, -0.15) is 13.2 Å². The van der Waals surface area contributed by atoms with E-state index in [9.17, 15) is 13.2 Å². The van der Waals surface area contributed by atoms with Gasteiger partial charge >= 0.3 is 12.1 Å². The monoisotopic (exact) mass is 306 g/mol. The van der Waals surface area contributed by atoms with Gasteiger partial charge in [-0.15, -0.1) is 0 Å². The van der Waals surface area contributed by atoms with E-state index in [0.29, 0.717) is 0 Å². The molecule has 0 unspecified atom stereocenters. The molecule has 0 bridgehead atoms. The van der Waals surface area contributed by atoms with Gasteiger partial charge in [-0.25, -0.2) is 0 Å². The molecule has 0 saturated carbocycles. The van der Waals surface area contributed by atoms with Crippen LogP contribution in [0, 0.1) is 0 Å². The highest BCUT2D eigenvalue weighted by atomic mass is 19.3. The Morgan fingerprint density at radius 3 is 1.64 bits per heavy atom. The molecule has 22 heavy (non-hydrogen) atoms. The number of ether oxygens (including phenoxy) is 2. The van der Waals surface area contributed by atoms with Crippen molar-refractivity contribution in [3.05, 3.63) is 71.8 Å². The smallest absolute Gasteiger partial charge is 0.344 e. The molecule has 0 aliphatic rings. The minimum atomic E-state index is -2.48. The molecule has 2 rings (SSSR count). The van der Waals surface area contributed by atoms with Crippen LogP contribution in [0.25, 0.3) is 12.2 Å². The first-order valence-corrected chi connectivity index (χ1v) is 6.39. The molecule has 0 aliphatic carbocycles. The first kappa shape index (κ1) is 15.7. The van der Waals surface area contributed by atoms with Crippen LogP contribution in [-0.2, 0) is 0 Å². The molecule has 0 aromatic heterocycles. The summed E-state index contributed by atoms with van der Waals surface area (Å²) in [5.74, 6) is 0.778. The molecule has 2 aromatic carbocycles. The predicted octanol–water partition coefficient (Wildman–Crippen LogP) is 5.28. The second kappa shape index (κ2) is 7.36. The predicted molar refractivity (Wildman–Crippen MR) is 79.3 cm³/mol. The highest BCUT2D eigenvalue weighted by molar-refractivity contribution is 5.70. The topological polar surface area (TPSA) is 18.5 Å². The fourth-order valence-electron chi connectivity index (χ4n) is 1.70. The van der Waals surface area contributed by atoms with Crippen molar-refractivity contribution >= 4 is 12.2 Å². The minimum Gasteiger partial charge on any atom is -0.497 e. The molecular formula is C17H13F3O2. The van der Waals surface area contributed by atoms with E-state index in [-0.39, 0.29) is 5.75 Å². The molecule has 0 N–H and O–H groups in total. The third kappa shape index (κ3) is 4.41. The Morgan fingerprint density at radius 2 is 1.23 bits per heavy atom. The summed E-state index contributed by atoms with van der Waals surface area (Å²) in [6, 6.07) is 11.7. The zero-order valence-electron chi connectivity index (χ0n) is 11.7. The zero-order chi connectivity index (χ0) is 15.9. The van der Waals surface area contributed by atoms with Crippen LogP contribution < -0.4 is 9.47 Å². The third-order valence-electron chi connectivity index (χ3n) is 2.82. The summed E-state index contributed by atoms with van der Waals surface area (Å²) in [4.78, 5) is 0. The van der Waals surface area contributed by atoms with Gasteiger partial charge in [0, 0.05) is 0 Å². The van der Waals surface area contributed by atoms with Gasteiger partial charge in [-0.05, 0) is 35.4 Å². The van der Waals surface area contributed by atoms with Gasteiger partial charge in [-0.1, -0.05) is 36.4 Å². The summed E-state index contributed by atoms with van der Waals surface area (Å²) < 4.78 is 45.9. The second-order valence-corrected chi connectivity index (χ2v) is 4.31. The summed E-state index contributed by atoms with van der Waals surface area (Å²) in [7, 11) is 1.60. The molecule has 114 valence electrons. The largest absolute Gasteiger partial charge is 0.497 e. The average Bonchev–Trinajstić information content (AvgIpc) is 2.54. The van der Waals surface area contributed by atoms with Crippen LogP contribution in [0.1, 0.15) is 11.1 Å². The average molecular weight is 306 g/mol. The fraction of sp³-hybridized carbons (Fsp3) is 0.0588. The fourth-order valence-corrected chi connectivity index (χ4v) is 1.70. The van der Waals surface area contributed by atoms with E-state index in [1.807, 2.05) is 36.4 Å². The summed E-state index contributed by atoms with van der Waals surface area (Å²) >= 11 is 0. The third-order valence-corrected chi connectivity index (χ3v) is 2.82. The van der Waals surface area contributed by atoms with Crippen molar-refractivity contribution < 1.29 is 22.6 Å². The highest BCUT2D eigenvalue weighted by Crippen LogP contribution is 2.20. The van der Waals surface area contributed by atoms with Crippen LogP contribution in [0.3, 0.4) is 0 Å². The lowest BCUT2D eigenvalue weighted by Gasteiger charge is -2.02. The lowest BCUT2D eigenvalue weighted by Crippen LogP contribution is -1.90. The van der Waals surface area contributed by atoms with Gasteiger partial charge in [0.1, 0.15) is 11.5 Å². The van der Waals surface area contributed by atoms with Crippen molar-refractivity contribution in [2.75, 3.05) is 7.11 Å². The Labute approximate surface area is 126 Å². The first-order valence-electron chi connectivity index (χ1n) is 6.39. The number of benzene rings is 2. The van der Waals surface area contributed by atoms with E-state index < -0.39 is 12.1 Å². The maximum absolute atomic E-state index is 12.6. The Bertz CT molecular complexity index is 670. The summed E-state index contributed by atoms with van der Waals surface area (Å²) in [6.45, 7) is 0. The SMILES string of the molecule is COc1ccc(C=Cc2ccc(OC(F)=C(F)F)cc2)cc1. The number of methoxy groups -OCH3 is 1. The van der Waals surface area contributed by atoms with Crippen molar-refractivity contribution in [3.63, 3.8) is 0 Å². The Hall–Kier alpha value is -2.69. The molecule has 5 heteroatoms. The van der Waals surface area contributed by atoms with Gasteiger partial charge in [0.15, 0.2) is 0 Å². The summed E-state index contributed by atoms with van der Waals surface area (Å²) in [5.41, 5.74) is 1.81. The maximum atomic E-state index is 12.6. The number of rotatable bonds is 5. The number of hydrogen-bond donors (Lipinski definition) is 0. The van der Waals surface area contributed by atoms with Crippen LogP contribution in [0.4, 0.5) is 13.2 Å². The molecule has 0 saturated heterocycles. The molecular weight excluding hydrogens is 293 g/mol. The van der Waals surface area contributed by atoms with Gasteiger partial charge in [-0.3, -0.25) is 0 Å². The molecule has 0 aliphatic heterocycles. The van der Waals surface area contributed by atoms with Crippen molar-refractivity contribution in [1.29, 1.82) is 0 Å². The molecule has 0 amide bonds. The standard InChI is InChI=1S/C17H13F3O2/c1-21-14-8-4-12(5-9-14)2-3-13-6-10-15(11-7-13)22-17(20)16(18)19/h2-11H,1H3. The Morgan fingerprint density at radius 1 is 0.773 bits per heavy atom. The molecule has 0 spiro atoms. The van der Waals surface area contributed by atoms with Gasteiger partial charge in [0.05, 0.1) is 7.11 Å². The molecule has 0 radical (unpaired) electrons. The van der Waals surface area contributed by atoms with Crippen LogP contribution in [0.5, 0.6) is 11.5 Å². The van der Waals surface area contributed by atoms with Gasteiger partial charge in [0.25, 0.3) is 0 Å². The lowest BCUT2D eigenvalue weighted by atomic mass is 10.1. The highest BCUT2D eigenvalue weighted by Gasteiger charge is 2.07. The van der Waals surface area contributed by atoms with Crippen LogP contribution >= 0.6 is 0 Å². The summed E-state index contributed by atoms with van der Waals surface area (Å²) in [6.07, 6.45) is 1.24. The Balaban J connectivity index is 2.04. The zero-order valence-corrected chi connectivity index (χ0v) is 11.7. The molecule has 2 nitrogen and oxygen atoms in total. The van der Waals surface area contributed by atoms with Gasteiger partial charge in [0.2, 0.25) is 0 Å². The van der Waals surface area contributed by atoms with Crippen LogP contribution in [0.2, 0.25) is 0 Å². The van der Waals surface area contributed by atoms with E-state index in [2.05, 4.69) is 4.74 Å². The van der Waals surface area contributed by atoms with Crippen molar-refractivity contribution in [2.45, 2.75) is 0 Å². The van der Waals surface area contributed by atoms with Crippen molar-refractivity contribution in [3.8, 4) is 11.5 Å². The molecule has 0 heterocycles. The Kier molecular flexibility index (Phi) is 5.25. The van der Waals surface area contributed by atoms with Gasteiger partial charge < -0.3 is 9.47 Å². The maximum Gasteiger partial charge on any atom is 0.344 e. The van der Waals surface area contributed by atoms with E-state index in [0.717, 1.165) is 16.9 Å². The van der Waals surface area contributed by atoms with Crippen LogP contribution in [0.15, 0.2) is 60.6 Å². The first-order chi connectivity index (χ1) is 10.6. The van der Waals surface area contributed by atoms with Crippen molar-refractivity contribution in [1.82, 2.24) is 0 Å². The van der Waals surface area contributed by atoms with E-state index in [1.54, 1.807) is 19.2 Å². The number of hydrogen-bond acceptors (Lipinski definition) is 2. The van der Waals surface area contributed by atoms with E-state index >= 15 is 0 Å². The lowest BCUT2D eigenvalue weighted by molar-refractivity contribution is 0.241. The van der Waals surface area contributed by atoms with Crippen LogP contribution in [-0.4, -0.2) is 7.11 Å². The second-order valence-electron chi connectivity index (χ2n) is 4.31. The minimum absolute atomic E-state index is 0.00639. The molecule has 2 aromatic rings. The van der Waals surface area contributed by atoms with Crippen molar-refractivity contribution in [2.24, 2.45) is 0 Å². The normalized spacial score (nSPS) is 10.5. The molecule has 0 atom stereocenters.